The number of guanidine groups is 1. The van der Waals surface area contributed by atoms with Gasteiger partial charge in [0.15, 0.2) is 5.96 Å². The predicted octanol–water partition coefficient (Wildman–Crippen LogP) is 2.63. The van der Waals surface area contributed by atoms with E-state index in [1.165, 1.54) is 32.1 Å². The van der Waals surface area contributed by atoms with E-state index in [9.17, 15) is 0 Å². The fraction of sp³-hybridized carbons (Fsp3) is 0.938. The summed E-state index contributed by atoms with van der Waals surface area (Å²) in [6.07, 6.45) is 7.60. The largest absolute Gasteiger partial charge is 0.382 e. The van der Waals surface area contributed by atoms with Gasteiger partial charge >= 0.3 is 0 Å². The van der Waals surface area contributed by atoms with Crippen LogP contribution >= 0.6 is 0 Å². The maximum absolute atomic E-state index is 6.20. The topological polar surface area (TPSA) is 50.9 Å². The van der Waals surface area contributed by atoms with E-state index in [4.69, 9.17) is 15.5 Å². The fourth-order valence-electron chi connectivity index (χ4n) is 3.34. The summed E-state index contributed by atoms with van der Waals surface area (Å²) in [5.74, 6) is 1.51. The molecule has 1 saturated heterocycles. The Labute approximate surface area is 123 Å². The molecule has 0 aromatic carbocycles. The number of aliphatic imine (C=N–C) groups is 1. The van der Waals surface area contributed by atoms with Crippen molar-refractivity contribution >= 4 is 5.96 Å². The second-order valence-electron chi connectivity index (χ2n) is 6.67. The van der Waals surface area contributed by atoms with Crippen LogP contribution in [0.3, 0.4) is 0 Å². The van der Waals surface area contributed by atoms with Gasteiger partial charge in [0.2, 0.25) is 0 Å². The van der Waals surface area contributed by atoms with Crippen LogP contribution in [0.1, 0.15) is 52.4 Å². The molecule has 1 atom stereocenters. The van der Waals surface area contributed by atoms with Crippen molar-refractivity contribution in [3.63, 3.8) is 0 Å². The minimum Gasteiger partial charge on any atom is -0.382 e. The van der Waals surface area contributed by atoms with E-state index in [1.54, 1.807) is 0 Å². The van der Waals surface area contributed by atoms with E-state index in [-0.39, 0.29) is 0 Å². The lowest BCUT2D eigenvalue weighted by atomic mass is 9.67. The third kappa shape index (κ3) is 4.11. The number of hydrogen-bond acceptors (Lipinski definition) is 2. The monoisotopic (exact) mass is 281 g/mol. The normalized spacial score (nSPS) is 26.4. The van der Waals surface area contributed by atoms with Gasteiger partial charge < -0.3 is 15.4 Å². The summed E-state index contributed by atoms with van der Waals surface area (Å²) in [4.78, 5) is 6.99. The summed E-state index contributed by atoms with van der Waals surface area (Å²) in [6, 6.07) is 0. The molecule has 4 heteroatoms. The maximum atomic E-state index is 6.20. The van der Waals surface area contributed by atoms with Gasteiger partial charge in [-0.15, -0.1) is 0 Å². The molecule has 0 aromatic heterocycles. The molecule has 0 radical (unpaired) electrons. The third-order valence-corrected chi connectivity index (χ3v) is 4.95. The van der Waals surface area contributed by atoms with Crippen molar-refractivity contribution in [2.24, 2.45) is 22.1 Å². The molecule has 0 amide bonds. The fourth-order valence-corrected chi connectivity index (χ4v) is 3.34. The van der Waals surface area contributed by atoms with E-state index in [0.717, 1.165) is 51.1 Å². The highest BCUT2D eigenvalue weighted by Crippen LogP contribution is 2.44. The molecule has 2 N–H and O–H groups in total. The van der Waals surface area contributed by atoms with Gasteiger partial charge in [0.1, 0.15) is 0 Å². The molecular weight excluding hydrogens is 250 g/mol. The molecule has 0 bridgehead atoms. The van der Waals surface area contributed by atoms with Crippen molar-refractivity contribution in [2.45, 2.75) is 52.4 Å². The van der Waals surface area contributed by atoms with E-state index in [2.05, 4.69) is 18.7 Å². The van der Waals surface area contributed by atoms with Gasteiger partial charge in [-0.3, -0.25) is 4.99 Å². The molecule has 2 fully saturated rings. The predicted molar refractivity (Wildman–Crippen MR) is 83.9 cm³/mol. The number of rotatable bonds is 6. The first-order chi connectivity index (χ1) is 9.65. The maximum Gasteiger partial charge on any atom is 0.191 e. The molecular formula is C16H31N3O. The molecule has 1 heterocycles. The Morgan fingerprint density at radius 2 is 2.20 bits per heavy atom. The zero-order valence-electron chi connectivity index (χ0n) is 13.2. The van der Waals surface area contributed by atoms with E-state index < -0.39 is 0 Å². The summed E-state index contributed by atoms with van der Waals surface area (Å²) >= 11 is 0. The van der Waals surface area contributed by atoms with Crippen LogP contribution in [-0.2, 0) is 4.74 Å². The first-order valence-corrected chi connectivity index (χ1v) is 8.28. The Balaban J connectivity index is 1.82. The number of hydrogen-bond donors (Lipinski definition) is 1. The molecule has 1 aliphatic carbocycles. The molecule has 1 aliphatic heterocycles. The summed E-state index contributed by atoms with van der Waals surface area (Å²) in [5, 5.41) is 0. The molecule has 2 aliphatic rings. The number of nitrogens with zero attached hydrogens (tertiary/aromatic N) is 2. The van der Waals surface area contributed by atoms with E-state index in [1.807, 2.05) is 0 Å². The zero-order valence-corrected chi connectivity index (χ0v) is 13.2. The van der Waals surface area contributed by atoms with E-state index >= 15 is 0 Å². The zero-order chi connectivity index (χ0) is 14.4. The summed E-state index contributed by atoms with van der Waals surface area (Å²) in [5.41, 5.74) is 6.57. The standard InChI is InChI=1S/C16H31N3O/c1-3-20-11-9-16(7-5-8-16)13-18-15(17)19-10-4-6-14(2)12-19/h14H,3-13H2,1-2H3,(H2,17,18)/t14-/m1/s1. The number of piperidine rings is 1. The number of nitrogens with two attached hydrogens (primary N) is 1. The Kier molecular flexibility index (Phi) is 5.70. The molecule has 116 valence electrons. The van der Waals surface area contributed by atoms with Gasteiger partial charge in [-0.1, -0.05) is 13.3 Å². The number of likely N-dealkylation sites (tertiary alicyclic amines) is 1. The van der Waals surface area contributed by atoms with Crippen LogP contribution in [0.15, 0.2) is 4.99 Å². The van der Waals surface area contributed by atoms with Gasteiger partial charge in [0.25, 0.3) is 0 Å². The highest BCUT2D eigenvalue weighted by molar-refractivity contribution is 5.78. The SMILES string of the molecule is CCOCCC1(CN=C(N)N2CCC[C@@H](C)C2)CCC1. The van der Waals surface area contributed by atoms with E-state index in [0.29, 0.717) is 5.41 Å². The molecule has 1 saturated carbocycles. The number of ether oxygens (including phenoxy) is 1. The molecule has 2 rings (SSSR count). The van der Waals surface area contributed by atoms with Crippen molar-refractivity contribution in [1.29, 1.82) is 0 Å². The van der Waals surface area contributed by atoms with Crippen LogP contribution in [0.5, 0.6) is 0 Å². The van der Waals surface area contributed by atoms with Gasteiger partial charge in [-0.05, 0) is 50.4 Å². The lowest BCUT2D eigenvalue weighted by Gasteiger charge is -2.41. The smallest absolute Gasteiger partial charge is 0.191 e. The Morgan fingerprint density at radius 1 is 1.40 bits per heavy atom. The lowest BCUT2D eigenvalue weighted by Crippen LogP contribution is -2.44. The third-order valence-electron chi connectivity index (χ3n) is 4.95. The Hall–Kier alpha value is -0.770. The highest BCUT2D eigenvalue weighted by Gasteiger charge is 2.36. The average Bonchev–Trinajstić information content (AvgIpc) is 2.40. The molecule has 0 spiro atoms. The van der Waals surface area contributed by atoms with Gasteiger partial charge in [-0.2, -0.15) is 0 Å². The molecule has 0 unspecified atom stereocenters. The second-order valence-corrected chi connectivity index (χ2v) is 6.67. The first-order valence-electron chi connectivity index (χ1n) is 8.28. The van der Waals surface area contributed by atoms with Crippen LogP contribution in [0, 0.1) is 11.3 Å². The quantitative estimate of drug-likeness (QED) is 0.462. The van der Waals surface area contributed by atoms with Crippen LogP contribution in [0.2, 0.25) is 0 Å². The summed E-state index contributed by atoms with van der Waals surface area (Å²) in [7, 11) is 0. The van der Waals surface area contributed by atoms with Gasteiger partial charge in [0.05, 0.1) is 0 Å². The molecule has 20 heavy (non-hydrogen) atoms. The van der Waals surface area contributed by atoms with Crippen LogP contribution < -0.4 is 5.73 Å². The van der Waals surface area contributed by atoms with Crippen molar-refractivity contribution in [1.82, 2.24) is 4.90 Å². The van der Waals surface area contributed by atoms with Crippen molar-refractivity contribution < 1.29 is 4.74 Å². The summed E-state index contributed by atoms with van der Waals surface area (Å²) < 4.78 is 5.51. The average molecular weight is 281 g/mol. The van der Waals surface area contributed by atoms with Gasteiger partial charge in [-0.25, -0.2) is 0 Å². The minimum atomic E-state index is 0.376. The molecule has 4 nitrogen and oxygen atoms in total. The van der Waals surface area contributed by atoms with Crippen LogP contribution in [0.25, 0.3) is 0 Å². The van der Waals surface area contributed by atoms with Crippen molar-refractivity contribution in [3.8, 4) is 0 Å². The van der Waals surface area contributed by atoms with Crippen molar-refractivity contribution in [2.75, 3.05) is 32.8 Å². The second kappa shape index (κ2) is 7.30. The van der Waals surface area contributed by atoms with Gasteiger partial charge in [0, 0.05) is 32.8 Å². The van der Waals surface area contributed by atoms with Crippen LogP contribution in [-0.4, -0.2) is 43.7 Å². The summed E-state index contributed by atoms with van der Waals surface area (Å²) in [6.45, 7) is 9.07. The Bertz CT molecular complexity index is 326. The molecule has 0 aromatic rings. The highest BCUT2D eigenvalue weighted by atomic mass is 16.5. The first kappa shape index (κ1) is 15.6. The minimum absolute atomic E-state index is 0.376. The van der Waals surface area contributed by atoms with Crippen molar-refractivity contribution in [3.05, 3.63) is 0 Å². The Morgan fingerprint density at radius 3 is 2.80 bits per heavy atom. The van der Waals surface area contributed by atoms with Crippen LogP contribution in [0.4, 0.5) is 0 Å². The lowest BCUT2D eigenvalue weighted by molar-refractivity contribution is 0.0607.